The summed E-state index contributed by atoms with van der Waals surface area (Å²) in [5.74, 6) is 0.237. The van der Waals surface area contributed by atoms with Crippen molar-refractivity contribution in [2.75, 3.05) is 7.11 Å². The van der Waals surface area contributed by atoms with Crippen molar-refractivity contribution in [3.8, 4) is 5.75 Å². The second-order valence-corrected chi connectivity index (χ2v) is 5.37. The Hall–Kier alpha value is -1.52. The van der Waals surface area contributed by atoms with E-state index in [9.17, 15) is 4.79 Å². The summed E-state index contributed by atoms with van der Waals surface area (Å²) in [6.45, 7) is 3.89. The predicted octanol–water partition coefficient (Wildman–Crippen LogP) is 4.01. The molecule has 0 aliphatic rings. The van der Waals surface area contributed by atoms with E-state index < -0.39 is 0 Å². The highest BCUT2D eigenvalue weighted by molar-refractivity contribution is 6.42. The Bertz CT molecular complexity index is 651. The second kappa shape index (κ2) is 5.85. The Kier molecular flexibility index (Phi) is 4.35. The van der Waals surface area contributed by atoms with Crippen LogP contribution in [0.4, 0.5) is 0 Å². The average Bonchev–Trinajstić information content (AvgIpc) is 2.85. The molecule has 0 bridgehead atoms. The molecule has 0 radical (unpaired) electrons. The van der Waals surface area contributed by atoms with Gasteiger partial charge in [0.05, 0.1) is 23.4 Å². The van der Waals surface area contributed by atoms with Crippen molar-refractivity contribution in [2.24, 2.45) is 0 Å². The molecule has 0 unspecified atom stereocenters. The van der Waals surface area contributed by atoms with Crippen LogP contribution in [0.25, 0.3) is 0 Å². The Morgan fingerprint density at radius 3 is 2.55 bits per heavy atom. The largest absolute Gasteiger partial charge is 0.493 e. The number of hydrogen-bond acceptors (Lipinski definition) is 3. The van der Waals surface area contributed by atoms with Crippen molar-refractivity contribution in [2.45, 2.75) is 19.9 Å². The third-order valence-corrected chi connectivity index (χ3v) is 3.61. The number of methoxy groups -OCH3 is 1. The summed E-state index contributed by atoms with van der Waals surface area (Å²) in [5, 5.41) is 4.93. The third kappa shape index (κ3) is 2.67. The van der Waals surface area contributed by atoms with E-state index >= 15 is 0 Å². The first-order valence-corrected chi connectivity index (χ1v) is 6.82. The van der Waals surface area contributed by atoms with Gasteiger partial charge in [0.1, 0.15) is 0 Å². The zero-order valence-corrected chi connectivity index (χ0v) is 12.9. The first kappa shape index (κ1) is 14.9. The molecule has 0 saturated heterocycles. The van der Waals surface area contributed by atoms with Gasteiger partial charge in [0.15, 0.2) is 11.4 Å². The van der Waals surface area contributed by atoms with Crippen LogP contribution in [0.2, 0.25) is 10.0 Å². The van der Waals surface area contributed by atoms with Gasteiger partial charge in [0.25, 0.3) is 0 Å². The van der Waals surface area contributed by atoms with E-state index in [0.717, 1.165) is 0 Å². The van der Waals surface area contributed by atoms with Crippen LogP contribution >= 0.6 is 23.2 Å². The molecule has 0 amide bonds. The highest BCUT2D eigenvalue weighted by atomic mass is 35.5. The van der Waals surface area contributed by atoms with Crippen LogP contribution in [0.1, 0.15) is 35.9 Å². The quantitative estimate of drug-likeness (QED) is 0.801. The van der Waals surface area contributed by atoms with E-state index in [4.69, 9.17) is 27.9 Å². The molecule has 6 heteroatoms. The molecule has 0 spiro atoms. The van der Waals surface area contributed by atoms with Gasteiger partial charge in [-0.25, -0.2) is 0 Å². The van der Waals surface area contributed by atoms with E-state index in [1.165, 1.54) is 13.3 Å². The molecular formula is C14H14Cl2N2O2. The van der Waals surface area contributed by atoms with Crippen LogP contribution in [-0.2, 0) is 0 Å². The van der Waals surface area contributed by atoms with Gasteiger partial charge in [0.2, 0.25) is 5.78 Å². The molecule has 0 fully saturated rings. The summed E-state index contributed by atoms with van der Waals surface area (Å²) in [5.41, 5.74) is 0.848. The molecular weight excluding hydrogens is 299 g/mol. The topological polar surface area (TPSA) is 44.1 Å². The first-order chi connectivity index (χ1) is 9.45. The molecule has 0 aliphatic carbocycles. The molecule has 0 aliphatic heterocycles. The van der Waals surface area contributed by atoms with E-state index in [2.05, 4.69) is 5.10 Å². The molecule has 0 saturated carbocycles. The molecule has 2 rings (SSSR count). The molecule has 1 heterocycles. The number of rotatable bonds is 4. The van der Waals surface area contributed by atoms with Gasteiger partial charge in [0, 0.05) is 11.6 Å². The Morgan fingerprint density at radius 2 is 2.00 bits per heavy atom. The van der Waals surface area contributed by atoms with E-state index in [-0.39, 0.29) is 11.8 Å². The maximum atomic E-state index is 12.6. The van der Waals surface area contributed by atoms with Crippen LogP contribution in [0.15, 0.2) is 24.4 Å². The van der Waals surface area contributed by atoms with Gasteiger partial charge >= 0.3 is 0 Å². The van der Waals surface area contributed by atoms with Crippen molar-refractivity contribution in [1.29, 1.82) is 0 Å². The zero-order chi connectivity index (χ0) is 14.9. The molecule has 0 N–H and O–H groups in total. The number of hydrogen-bond donors (Lipinski definition) is 0. The predicted molar refractivity (Wildman–Crippen MR) is 79.1 cm³/mol. The monoisotopic (exact) mass is 312 g/mol. The summed E-state index contributed by atoms with van der Waals surface area (Å²) in [4.78, 5) is 12.6. The minimum Gasteiger partial charge on any atom is -0.493 e. The Labute approximate surface area is 127 Å². The van der Waals surface area contributed by atoms with Crippen LogP contribution in [0.3, 0.4) is 0 Å². The van der Waals surface area contributed by atoms with Gasteiger partial charge in [-0.2, -0.15) is 5.10 Å². The number of ether oxygens (including phenoxy) is 1. The highest BCUT2D eigenvalue weighted by Crippen LogP contribution is 2.27. The summed E-state index contributed by atoms with van der Waals surface area (Å²) >= 11 is 11.8. The van der Waals surface area contributed by atoms with E-state index in [0.29, 0.717) is 27.1 Å². The molecule has 1 aromatic heterocycles. The molecule has 1 aromatic carbocycles. The summed E-state index contributed by atoms with van der Waals surface area (Å²) in [6.07, 6.45) is 1.53. The minimum atomic E-state index is -0.202. The smallest absolute Gasteiger partial charge is 0.214 e. The van der Waals surface area contributed by atoms with Gasteiger partial charge in [-0.3, -0.25) is 9.48 Å². The second-order valence-electron chi connectivity index (χ2n) is 4.56. The number of halogens is 2. The average molecular weight is 313 g/mol. The van der Waals surface area contributed by atoms with Crippen LogP contribution in [0, 0.1) is 0 Å². The van der Waals surface area contributed by atoms with Crippen LogP contribution in [-0.4, -0.2) is 22.7 Å². The third-order valence-electron chi connectivity index (χ3n) is 2.87. The van der Waals surface area contributed by atoms with Crippen molar-refractivity contribution < 1.29 is 9.53 Å². The molecule has 0 atom stereocenters. The first-order valence-electron chi connectivity index (χ1n) is 6.07. The molecule has 2 aromatic rings. The maximum Gasteiger partial charge on any atom is 0.214 e. The Morgan fingerprint density at radius 1 is 1.30 bits per heavy atom. The summed E-state index contributed by atoms with van der Waals surface area (Å²) in [7, 11) is 1.51. The van der Waals surface area contributed by atoms with Gasteiger partial charge in [-0.05, 0) is 32.0 Å². The number of aromatic nitrogens is 2. The van der Waals surface area contributed by atoms with Crippen molar-refractivity contribution in [1.82, 2.24) is 9.78 Å². The number of benzene rings is 1. The fourth-order valence-corrected chi connectivity index (χ4v) is 2.18. The normalized spacial score (nSPS) is 10.9. The molecule has 106 valence electrons. The van der Waals surface area contributed by atoms with Crippen LogP contribution < -0.4 is 4.74 Å². The summed E-state index contributed by atoms with van der Waals surface area (Å²) in [6, 6.07) is 4.82. The lowest BCUT2D eigenvalue weighted by Gasteiger charge is -2.11. The van der Waals surface area contributed by atoms with Gasteiger partial charge in [-0.1, -0.05) is 23.2 Å². The lowest BCUT2D eigenvalue weighted by molar-refractivity contribution is 0.102. The minimum absolute atomic E-state index is 0.0422. The summed E-state index contributed by atoms with van der Waals surface area (Å²) < 4.78 is 6.84. The lowest BCUT2D eigenvalue weighted by atomic mass is 10.1. The SMILES string of the molecule is COc1cnn(C(C)C)c1C(=O)c1ccc(Cl)c(Cl)c1. The zero-order valence-electron chi connectivity index (χ0n) is 11.4. The van der Waals surface area contributed by atoms with Gasteiger partial charge in [-0.15, -0.1) is 0 Å². The number of carbonyl (C=O) groups is 1. The fourth-order valence-electron chi connectivity index (χ4n) is 1.88. The molecule has 4 nitrogen and oxygen atoms in total. The van der Waals surface area contributed by atoms with E-state index in [1.807, 2.05) is 13.8 Å². The van der Waals surface area contributed by atoms with Crippen molar-refractivity contribution >= 4 is 29.0 Å². The van der Waals surface area contributed by atoms with E-state index in [1.54, 1.807) is 22.9 Å². The standard InChI is InChI=1S/C14H14Cl2N2O2/c1-8(2)18-13(12(20-3)7-17-18)14(19)9-4-5-10(15)11(16)6-9/h4-8H,1-3H3. The number of carbonyl (C=O) groups excluding carboxylic acids is 1. The number of nitrogens with zero attached hydrogens (tertiary/aromatic N) is 2. The van der Waals surface area contributed by atoms with Crippen molar-refractivity contribution in [3.63, 3.8) is 0 Å². The van der Waals surface area contributed by atoms with Crippen LogP contribution in [0.5, 0.6) is 5.75 Å². The molecule has 20 heavy (non-hydrogen) atoms. The van der Waals surface area contributed by atoms with Crippen molar-refractivity contribution in [3.05, 3.63) is 45.7 Å². The lowest BCUT2D eigenvalue weighted by Crippen LogP contribution is -2.14. The van der Waals surface area contributed by atoms with Gasteiger partial charge < -0.3 is 4.74 Å². The maximum absolute atomic E-state index is 12.6. The highest BCUT2D eigenvalue weighted by Gasteiger charge is 2.22. The fraction of sp³-hybridized carbons (Fsp3) is 0.286. The number of ketones is 1. The Balaban J connectivity index is 2.52.